The van der Waals surface area contributed by atoms with Gasteiger partial charge in [-0.25, -0.2) is 4.98 Å². The van der Waals surface area contributed by atoms with Crippen LogP contribution in [-0.2, 0) is 6.42 Å². The molecule has 0 unspecified atom stereocenters. The summed E-state index contributed by atoms with van der Waals surface area (Å²) in [4.78, 5) is 27.2. The Labute approximate surface area is 178 Å². The van der Waals surface area contributed by atoms with E-state index in [1.165, 1.54) is 5.56 Å². The maximum Gasteiger partial charge on any atom is 0.262 e. The number of rotatable bonds is 3. The van der Waals surface area contributed by atoms with Crippen LogP contribution in [0.3, 0.4) is 0 Å². The number of para-hydroxylation sites is 1. The number of nitrogens with zero attached hydrogens (tertiary/aromatic N) is 3. The smallest absolute Gasteiger partial charge is 0.262 e. The normalized spacial score (nSPS) is 15.8. The lowest BCUT2D eigenvalue weighted by atomic mass is 10.1. The number of nitrogens with one attached hydrogen (secondary N) is 1. The largest absolute Gasteiger partial charge is 0.309 e. The van der Waals surface area contributed by atoms with Gasteiger partial charge in [0, 0.05) is 22.9 Å². The summed E-state index contributed by atoms with van der Waals surface area (Å²) in [5, 5.41) is 1.14. The number of hydrogen-bond acceptors (Lipinski definition) is 4. The molecule has 2 aromatic heterocycles. The van der Waals surface area contributed by atoms with Gasteiger partial charge >= 0.3 is 0 Å². The van der Waals surface area contributed by atoms with E-state index < -0.39 is 0 Å². The molecule has 0 saturated carbocycles. The first-order valence-electron chi connectivity index (χ1n) is 9.80. The van der Waals surface area contributed by atoms with Gasteiger partial charge in [0.25, 0.3) is 5.56 Å². The highest BCUT2D eigenvalue weighted by molar-refractivity contribution is 6.30. The van der Waals surface area contributed by atoms with Crippen LogP contribution in [-0.4, -0.2) is 21.0 Å². The first-order valence-corrected chi connectivity index (χ1v) is 10.2. The van der Waals surface area contributed by atoms with E-state index in [9.17, 15) is 4.79 Å². The Morgan fingerprint density at radius 1 is 1.13 bits per heavy atom. The molecule has 0 aliphatic carbocycles. The van der Waals surface area contributed by atoms with Gasteiger partial charge in [-0.05, 0) is 54.3 Å². The molecule has 0 fully saturated rings. The fourth-order valence-corrected chi connectivity index (χ4v) is 4.21. The summed E-state index contributed by atoms with van der Waals surface area (Å²) in [5.74, 6) is 0.522. The number of H-pyrrole nitrogens is 1. The van der Waals surface area contributed by atoms with Crippen molar-refractivity contribution < 1.29 is 0 Å². The van der Waals surface area contributed by atoms with Gasteiger partial charge in [-0.1, -0.05) is 54.1 Å². The van der Waals surface area contributed by atoms with E-state index in [1.807, 2.05) is 54.6 Å². The standard InChI is InChI=1S/C24H19ClN4O/c1-15-13-18-6-2-3-8-20(18)29(15)24-27-22-21(23(30)28-24)17(11-12-26-22)10-9-16-5-4-7-19(25)14-16/h2-12,14-15H,13H2,1H3,(H,26,27,28,30)/b10-9+/t15-/m0/s1. The highest BCUT2D eigenvalue weighted by Crippen LogP contribution is 2.36. The summed E-state index contributed by atoms with van der Waals surface area (Å²) in [6.45, 7) is 2.13. The fraction of sp³-hybridized carbons (Fsp3) is 0.125. The van der Waals surface area contributed by atoms with E-state index in [2.05, 4.69) is 33.9 Å². The van der Waals surface area contributed by atoms with Crippen molar-refractivity contribution in [2.75, 3.05) is 4.90 Å². The minimum atomic E-state index is -0.203. The van der Waals surface area contributed by atoms with Gasteiger partial charge in [0.05, 0.1) is 5.39 Å². The molecule has 6 heteroatoms. The van der Waals surface area contributed by atoms with Gasteiger partial charge in [-0.3, -0.25) is 9.78 Å². The van der Waals surface area contributed by atoms with Crippen molar-refractivity contribution >= 4 is 46.4 Å². The van der Waals surface area contributed by atoms with Crippen molar-refractivity contribution in [1.82, 2.24) is 15.0 Å². The van der Waals surface area contributed by atoms with Crippen molar-refractivity contribution in [2.24, 2.45) is 0 Å². The minimum Gasteiger partial charge on any atom is -0.309 e. The Balaban J connectivity index is 1.59. The maximum absolute atomic E-state index is 13.0. The van der Waals surface area contributed by atoms with E-state index in [4.69, 9.17) is 16.6 Å². The van der Waals surface area contributed by atoms with Crippen molar-refractivity contribution in [3.05, 3.63) is 92.9 Å². The van der Waals surface area contributed by atoms with Crippen LogP contribution in [0, 0.1) is 0 Å². The third-order valence-electron chi connectivity index (χ3n) is 5.37. The number of halogens is 1. The Morgan fingerprint density at radius 3 is 2.87 bits per heavy atom. The highest BCUT2D eigenvalue weighted by atomic mass is 35.5. The van der Waals surface area contributed by atoms with E-state index in [-0.39, 0.29) is 11.6 Å². The zero-order valence-corrected chi connectivity index (χ0v) is 17.1. The van der Waals surface area contributed by atoms with Gasteiger partial charge in [-0.2, -0.15) is 4.98 Å². The van der Waals surface area contributed by atoms with Crippen LogP contribution in [0.25, 0.3) is 23.2 Å². The summed E-state index contributed by atoms with van der Waals surface area (Å²) in [5.41, 5.74) is 4.26. The number of fused-ring (bicyclic) bond motifs is 2. The molecule has 148 valence electrons. The summed E-state index contributed by atoms with van der Waals surface area (Å²) in [7, 11) is 0. The van der Waals surface area contributed by atoms with Crippen LogP contribution >= 0.6 is 11.6 Å². The summed E-state index contributed by atoms with van der Waals surface area (Å²) in [6.07, 6.45) is 6.40. The summed E-state index contributed by atoms with van der Waals surface area (Å²) >= 11 is 6.06. The molecule has 5 rings (SSSR count). The predicted octanol–water partition coefficient (Wildman–Crippen LogP) is 5.22. The molecule has 1 aliphatic heterocycles. The van der Waals surface area contributed by atoms with Gasteiger partial charge < -0.3 is 4.90 Å². The lowest BCUT2D eigenvalue weighted by Crippen LogP contribution is -2.28. The lowest BCUT2D eigenvalue weighted by Gasteiger charge is -2.23. The van der Waals surface area contributed by atoms with Gasteiger partial charge in [0.15, 0.2) is 5.65 Å². The lowest BCUT2D eigenvalue weighted by molar-refractivity contribution is 0.740. The van der Waals surface area contributed by atoms with Crippen molar-refractivity contribution in [1.29, 1.82) is 0 Å². The molecule has 0 amide bonds. The SMILES string of the molecule is C[C@H]1Cc2ccccc2N1c1nc2nccc(/C=C/c3cccc(Cl)c3)c2c(=O)[nH]1. The van der Waals surface area contributed by atoms with Crippen molar-refractivity contribution in [2.45, 2.75) is 19.4 Å². The van der Waals surface area contributed by atoms with E-state index >= 15 is 0 Å². The van der Waals surface area contributed by atoms with Crippen LogP contribution < -0.4 is 10.5 Å². The van der Waals surface area contributed by atoms with Gasteiger partial charge in [0.1, 0.15) is 0 Å². The molecular weight excluding hydrogens is 396 g/mol. The molecule has 1 aliphatic rings. The molecule has 3 heterocycles. The second-order valence-electron chi connectivity index (χ2n) is 7.43. The highest BCUT2D eigenvalue weighted by Gasteiger charge is 2.28. The van der Waals surface area contributed by atoms with E-state index in [0.717, 1.165) is 23.2 Å². The fourth-order valence-electron chi connectivity index (χ4n) is 4.01. The summed E-state index contributed by atoms with van der Waals surface area (Å²) in [6, 6.07) is 17.8. The third kappa shape index (κ3) is 3.27. The first-order chi connectivity index (χ1) is 14.6. The average molecular weight is 415 g/mol. The molecule has 30 heavy (non-hydrogen) atoms. The Kier molecular flexibility index (Phi) is 4.60. The number of anilines is 2. The molecule has 5 nitrogen and oxygen atoms in total. The van der Waals surface area contributed by atoms with Gasteiger partial charge in [-0.15, -0.1) is 0 Å². The molecule has 1 atom stereocenters. The second-order valence-corrected chi connectivity index (χ2v) is 7.86. The molecule has 2 aromatic carbocycles. The van der Waals surface area contributed by atoms with Gasteiger partial charge in [0.2, 0.25) is 5.95 Å². The second kappa shape index (κ2) is 7.43. The molecule has 0 radical (unpaired) electrons. The predicted molar refractivity (Wildman–Crippen MR) is 122 cm³/mol. The zero-order chi connectivity index (χ0) is 20.7. The van der Waals surface area contributed by atoms with E-state index in [0.29, 0.717) is 22.0 Å². The number of aromatic amines is 1. The number of pyridine rings is 1. The Morgan fingerprint density at radius 2 is 2.00 bits per heavy atom. The number of hydrogen-bond donors (Lipinski definition) is 1. The summed E-state index contributed by atoms with van der Waals surface area (Å²) < 4.78 is 0. The topological polar surface area (TPSA) is 61.9 Å². The molecule has 0 saturated heterocycles. The minimum absolute atomic E-state index is 0.203. The quantitative estimate of drug-likeness (QED) is 0.499. The Bertz CT molecular complexity index is 1340. The number of aromatic nitrogens is 3. The maximum atomic E-state index is 13.0. The van der Waals surface area contributed by atoms with Crippen LogP contribution in [0.2, 0.25) is 5.02 Å². The van der Waals surface area contributed by atoms with Crippen molar-refractivity contribution in [3.8, 4) is 0 Å². The van der Waals surface area contributed by atoms with Crippen molar-refractivity contribution in [3.63, 3.8) is 0 Å². The average Bonchev–Trinajstić information content (AvgIpc) is 3.07. The molecule has 0 spiro atoms. The third-order valence-corrected chi connectivity index (χ3v) is 5.60. The molecular formula is C24H19ClN4O. The molecule has 0 bridgehead atoms. The van der Waals surface area contributed by atoms with Crippen LogP contribution in [0.1, 0.15) is 23.6 Å². The molecule has 4 aromatic rings. The monoisotopic (exact) mass is 414 g/mol. The van der Waals surface area contributed by atoms with E-state index in [1.54, 1.807) is 6.20 Å². The zero-order valence-electron chi connectivity index (χ0n) is 16.3. The van der Waals surface area contributed by atoms with Crippen LogP contribution in [0.4, 0.5) is 11.6 Å². The Hall–Kier alpha value is -3.44. The van der Waals surface area contributed by atoms with Crippen LogP contribution in [0.15, 0.2) is 65.6 Å². The van der Waals surface area contributed by atoms with Crippen LogP contribution in [0.5, 0.6) is 0 Å². The molecule has 1 N–H and O–H groups in total. The first kappa shape index (κ1) is 18.6. The number of benzene rings is 2.